The van der Waals surface area contributed by atoms with E-state index in [1.54, 1.807) is 6.07 Å². The lowest BCUT2D eigenvalue weighted by Crippen LogP contribution is -2.35. The van der Waals surface area contributed by atoms with Crippen molar-refractivity contribution in [3.63, 3.8) is 0 Å². The van der Waals surface area contributed by atoms with Crippen LogP contribution in [0.1, 0.15) is 24.0 Å². The van der Waals surface area contributed by atoms with Crippen LogP contribution in [0.4, 0.5) is 0 Å². The Bertz CT molecular complexity index is 691. The van der Waals surface area contributed by atoms with Gasteiger partial charge in [-0.1, -0.05) is 12.1 Å². The lowest BCUT2D eigenvalue weighted by molar-refractivity contribution is -0.122. The third-order valence-electron chi connectivity index (χ3n) is 3.40. The first-order chi connectivity index (χ1) is 9.89. The zero-order chi connectivity index (χ0) is 15.5. The summed E-state index contributed by atoms with van der Waals surface area (Å²) < 4.78 is 15.5. The van der Waals surface area contributed by atoms with Crippen LogP contribution in [-0.2, 0) is 21.1 Å². The fourth-order valence-electron chi connectivity index (χ4n) is 2.55. The molecular formula is C15H19N3O2S. The third kappa shape index (κ3) is 4.38. The average molecular weight is 305 g/mol. The molecule has 0 unspecified atom stereocenters. The first-order valence-electron chi connectivity index (χ1n) is 6.83. The number of hydrogen-bond donors (Lipinski definition) is 0. The predicted molar refractivity (Wildman–Crippen MR) is 82.0 cm³/mol. The lowest BCUT2D eigenvalue weighted by atomic mass is 10.1. The smallest absolute Gasteiger partial charge is 0.271 e. The quantitative estimate of drug-likeness (QED) is 0.853. The highest BCUT2D eigenvalue weighted by molar-refractivity contribution is 7.92. The van der Waals surface area contributed by atoms with Gasteiger partial charge < -0.3 is 0 Å². The Labute approximate surface area is 125 Å². The molecule has 0 N–H and O–H groups in total. The van der Waals surface area contributed by atoms with Crippen LogP contribution in [0.25, 0.3) is 0 Å². The second kappa shape index (κ2) is 6.37. The van der Waals surface area contributed by atoms with Gasteiger partial charge in [0.05, 0.1) is 17.7 Å². The zero-order valence-corrected chi connectivity index (χ0v) is 13.1. The summed E-state index contributed by atoms with van der Waals surface area (Å²) in [5.74, 6) is -0.293. The van der Waals surface area contributed by atoms with Gasteiger partial charge in [0.15, 0.2) is 0 Å². The van der Waals surface area contributed by atoms with Gasteiger partial charge in [0.1, 0.15) is 0 Å². The molecule has 1 heterocycles. The van der Waals surface area contributed by atoms with Crippen LogP contribution in [0.15, 0.2) is 28.6 Å². The van der Waals surface area contributed by atoms with Crippen molar-refractivity contribution >= 4 is 15.6 Å². The van der Waals surface area contributed by atoms with Crippen LogP contribution in [0.5, 0.6) is 0 Å². The van der Waals surface area contributed by atoms with E-state index in [1.807, 2.05) is 23.1 Å². The summed E-state index contributed by atoms with van der Waals surface area (Å²) in [5, 5.41) is 8.93. The van der Waals surface area contributed by atoms with Gasteiger partial charge in [-0.3, -0.25) is 9.69 Å². The summed E-state index contributed by atoms with van der Waals surface area (Å²) in [6, 6.07) is 9.20. The van der Waals surface area contributed by atoms with Crippen molar-refractivity contribution in [2.24, 2.45) is 4.36 Å². The molecule has 1 amide bonds. The van der Waals surface area contributed by atoms with Gasteiger partial charge in [0, 0.05) is 28.8 Å². The van der Waals surface area contributed by atoms with Crippen LogP contribution >= 0.6 is 0 Å². The molecule has 0 radical (unpaired) electrons. The minimum absolute atomic E-state index is 0.293. The topological polar surface area (TPSA) is 73.5 Å². The predicted octanol–water partition coefficient (Wildman–Crippen LogP) is 1.78. The first-order valence-corrected chi connectivity index (χ1v) is 9.16. The summed E-state index contributed by atoms with van der Waals surface area (Å²) in [5.41, 5.74) is 1.62. The molecule has 0 bridgehead atoms. The number of benzene rings is 1. The molecule has 0 saturated carbocycles. The van der Waals surface area contributed by atoms with Crippen LogP contribution < -0.4 is 0 Å². The van der Waals surface area contributed by atoms with Gasteiger partial charge >= 0.3 is 0 Å². The number of likely N-dealkylation sites (tertiary alicyclic amines) is 1. The number of nitrogens with zero attached hydrogens (tertiary/aromatic N) is 3. The Balaban J connectivity index is 2.14. The summed E-state index contributed by atoms with van der Waals surface area (Å²) >= 11 is 0. The van der Waals surface area contributed by atoms with E-state index in [0.29, 0.717) is 12.1 Å². The van der Waals surface area contributed by atoms with Crippen LogP contribution in [-0.4, -0.2) is 40.1 Å². The molecule has 1 aliphatic heterocycles. The van der Waals surface area contributed by atoms with Gasteiger partial charge in [-0.25, -0.2) is 4.21 Å². The van der Waals surface area contributed by atoms with Crippen LogP contribution in [0.3, 0.4) is 0 Å². The molecule has 1 saturated heterocycles. The summed E-state index contributed by atoms with van der Waals surface area (Å²) in [6.07, 6.45) is 4.62. The first kappa shape index (κ1) is 15.7. The molecule has 21 heavy (non-hydrogen) atoms. The van der Waals surface area contributed by atoms with Crippen LogP contribution in [0, 0.1) is 11.3 Å². The highest BCUT2D eigenvalue weighted by atomic mass is 32.2. The van der Waals surface area contributed by atoms with Crippen molar-refractivity contribution in [3.8, 4) is 6.07 Å². The number of rotatable bonds is 3. The molecule has 2 rings (SSSR count). The van der Waals surface area contributed by atoms with E-state index < -0.39 is 9.73 Å². The molecule has 1 aliphatic rings. The number of hydrogen-bond acceptors (Lipinski definition) is 4. The minimum atomic E-state index is -2.41. The molecular weight excluding hydrogens is 286 g/mol. The summed E-state index contributed by atoms with van der Waals surface area (Å²) in [7, 11) is -2.41. The Morgan fingerprint density at radius 1 is 1.52 bits per heavy atom. The third-order valence-corrected chi connectivity index (χ3v) is 4.02. The lowest BCUT2D eigenvalue weighted by Gasteiger charge is -2.21. The molecule has 5 nitrogen and oxygen atoms in total. The van der Waals surface area contributed by atoms with Gasteiger partial charge in [0.25, 0.3) is 5.91 Å². The Morgan fingerprint density at radius 3 is 2.95 bits per heavy atom. The van der Waals surface area contributed by atoms with Crippen LogP contribution in [0.2, 0.25) is 0 Å². The van der Waals surface area contributed by atoms with Gasteiger partial charge in [0.2, 0.25) is 0 Å². The molecule has 0 aromatic heterocycles. The van der Waals surface area contributed by atoms with Crippen molar-refractivity contribution in [2.75, 3.05) is 19.1 Å². The standard InChI is InChI=1S/C15H19N3O2S/c1-21(2,20)17-15(19)14-7-4-8-18(14)11-13-6-3-5-12(9-13)10-16/h3,5-6,9,14H,4,7-8,11H2,1-2H3/t14-/m0/s1. The highest BCUT2D eigenvalue weighted by Crippen LogP contribution is 2.21. The average Bonchev–Trinajstić information content (AvgIpc) is 2.85. The molecule has 112 valence electrons. The fourth-order valence-corrected chi connectivity index (χ4v) is 3.10. The van der Waals surface area contributed by atoms with E-state index in [1.165, 1.54) is 12.5 Å². The Morgan fingerprint density at radius 2 is 2.29 bits per heavy atom. The Kier molecular flexibility index (Phi) is 4.76. The second-order valence-electron chi connectivity index (χ2n) is 5.55. The number of carbonyl (C=O) groups excluding carboxylic acids is 1. The van der Waals surface area contributed by atoms with Crippen molar-refractivity contribution in [1.29, 1.82) is 5.26 Å². The maximum absolute atomic E-state index is 12.1. The SMILES string of the molecule is CS(C)(=O)=NC(=O)[C@@H]1CCCN1Cc1cccc(C#N)c1. The molecule has 1 atom stereocenters. The maximum atomic E-state index is 12.1. The van der Waals surface area contributed by atoms with E-state index in [-0.39, 0.29) is 11.9 Å². The number of carbonyl (C=O) groups is 1. The fraction of sp³-hybridized carbons (Fsp3) is 0.467. The molecule has 6 heteroatoms. The largest absolute Gasteiger partial charge is 0.288 e. The van der Waals surface area contributed by atoms with Gasteiger partial charge in [-0.15, -0.1) is 0 Å². The Hall–Kier alpha value is -1.71. The molecule has 1 aromatic rings. The maximum Gasteiger partial charge on any atom is 0.271 e. The molecule has 0 aliphatic carbocycles. The minimum Gasteiger partial charge on any atom is -0.288 e. The van der Waals surface area contributed by atoms with Crippen molar-refractivity contribution in [3.05, 3.63) is 35.4 Å². The summed E-state index contributed by atoms with van der Waals surface area (Å²) in [6.45, 7) is 1.42. The van der Waals surface area contributed by atoms with Gasteiger partial charge in [-0.2, -0.15) is 9.62 Å². The highest BCUT2D eigenvalue weighted by Gasteiger charge is 2.30. The number of amides is 1. The van der Waals surface area contributed by atoms with E-state index in [0.717, 1.165) is 24.9 Å². The molecule has 1 aromatic carbocycles. The monoisotopic (exact) mass is 305 g/mol. The van der Waals surface area contributed by atoms with Crippen molar-refractivity contribution in [1.82, 2.24) is 4.90 Å². The van der Waals surface area contributed by atoms with Crippen molar-refractivity contribution < 1.29 is 9.00 Å². The van der Waals surface area contributed by atoms with E-state index in [2.05, 4.69) is 10.4 Å². The van der Waals surface area contributed by atoms with E-state index in [4.69, 9.17) is 5.26 Å². The zero-order valence-electron chi connectivity index (χ0n) is 12.3. The van der Waals surface area contributed by atoms with E-state index in [9.17, 15) is 9.00 Å². The number of nitriles is 1. The molecule has 0 spiro atoms. The second-order valence-corrected chi connectivity index (χ2v) is 8.10. The van der Waals surface area contributed by atoms with Crippen molar-refractivity contribution in [2.45, 2.75) is 25.4 Å². The van der Waals surface area contributed by atoms with E-state index >= 15 is 0 Å². The summed E-state index contributed by atoms with van der Waals surface area (Å²) in [4.78, 5) is 14.2. The normalized spacial score (nSPS) is 19.2. The molecule has 1 fully saturated rings. The van der Waals surface area contributed by atoms with Gasteiger partial charge in [-0.05, 0) is 37.1 Å².